The molecule has 1 amide bonds. The SMILES string of the molecule is O=C(N/N=C/c1cccc(O)c1)c1ccc(N/N=C/c2cccc(O)c2)cc1.O=S(=O)(O)O. The monoisotopic (exact) mass is 472 g/mol. The van der Waals surface area contributed by atoms with Crippen LogP contribution in [0.5, 0.6) is 11.5 Å². The molecule has 0 aliphatic rings. The predicted octanol–water partition coefficient (Wildman–Crippen LogP) is 2.65. The number of phenols is 2. The fourth-order valence-electron chi connectivity index (χ4n) is 2.32. The van der Waals surface area contributed by atoms with Crippen molar-refractivity contribution in [2.75, 3.05) is 5.43 Å². The molecule has 0 fully saturated rings. The van der Waals surface area contributed by atoms with Crippen molar-refractivity contribution in [3.05, 3.63) is 89.5 Å². The maximum Gasteiger partial charge on any atom is 0.394 e. The van der Waals surface area contributed by atoms with E-state index in [0.717, 1.165) is 5.56 Å². The Kier molecular flexibility index (Phi) is 9.06. The molecule has 11 nitrogen and oxygen atoms in total. The van der Waals surface area contributed by atoms with Crippen LogP contribution in [0.15, 0.2) is 83.0 Å². The summed E-state index contributed by atoms with van der Waals surface area (Å²) in [5.41, 5.74) is 7.86. The number of nitrogens with one attached hydrogen (secondary N) is 2. The van der Waals surface area contributed by atoms with Crippen LogP contribution in [-0.2, 0) is 10.4 Å². The van der Waals surface area contributed by atoms with Gasteiger partial charge in [-0.15, -0.1) is 0 Å². The minimum Gasteiger partial charge on any atom is -0.508 e. The van der Waals surface area contributed by atoms with E-state index >= 15 is 0 Å². The minimum atomic E-state index is -4.67. The summed E-state index contributed by atoms with van der Waals surface area (Å²) in [6.45, 7) is 0. The third kappa shape index (κ3) is 10.5. The summed E-state index contributed by atoms with van der Waals surface area (Å²) in [5.74, 6) is -0.0534. The van der Waals surface area contributed by atoms with Gasteiger partial charge in [0.05, 0.1) is 18.1 Å². The van der Waals surface area contributed by atoms with E-state index in [1.807, 2.05) is 6.07 Å². The molecule has 0 heterocycles. The summed E-state index contributed by atoms with van der Waals surface area (Å²) in [7, 11) is -4.67. The molecule has 0 spiro atoms. The van der Waals surface area contributed by atoms with Gasteiger partial charge in [-0.1, -0.05) is 24.3 Å². The Balaban J connectivity index is 0.000000696. The lowest BCUT2D eigenvalue weighted by Gasteiger charge is -2.03. The van der Waals surface area contributed by atoms with Crippen molar-refractivity contribution < 1.29 is 32.5 Å². The lowest BCUT2D eigenvalue weighted by molar-refractivity contribution is 0.0955. The average molecular weight is 472 g/mol. The van der Waals surface area contributed by atoms with Gasteiger partial charge < -0.3 is 10.2 Å². The standard InChI is InChI=1S/C21H18N4O3.H2O4S/c26-19-5-1-3-15(11-19)13-22-24-18-9-7-17(8-10-18)21(28)25-23-14-16-4-2-6-20(27)12-16;1-5(2,3)4/h1-14,24,26-27H,(H,25,28);(H2,1,2,3,4)/b22-13+,23-14+;. The molecule has 0 aliphatic carbocycles. The number of aromatic hydroxyl groups is 2. The van der Waals surface area contributed by atoms with Gasteiger partial charge in [0, 0.05) is 5.56 Å². The molecule has 0 atom stereocenters. The Hall–Kier alpha value is -4.26. The highest BCUT2D eigenvalue weighted by molar-refractivity contribution is 7.79. The van der Waals surface area contributed by atoms with Gasteiger partial charge in [0.2, 0.25) is 0 Å². The highest BCUT2D eigenvalue weighted by atomic mass is 32.3. The number of hydrogen-bond acceptors (Lipinski definition) is 8. The first kappa shape index (κ1) is 25.0. The van der Waals surface area contributed by atoms with Gasteiger partial charge in [0.1, 0.15) is 11.5 Å². The Morgan fingerprint density at radius 3 is 1.76 bits per heavy atom. The van der Waals surface area contributed by atoms with Crippen LogP contribution in [0.1, 0.15) is 21.5 Å². The molecule has 0 saturated heterocycles. The normalized spacial score (nSPS) is 11.1. The molecule has 0 radical (unpaired) electrons. The van der Waals surface area contributed by atoms with Crippen LogP contribution in [0, 0.1) is 0 Å². The van der Waals surface area contributed by atoms with Gasteiger partial charge in [-0.05, 0) is 59.7 Å². The van der Waals surface area contributed by atoms with E-state index in [-0.39, 0.29) is 17.4 Å². The van der Waals surface area contributed by atoms with Crippen molar-refractivity contribution in [1.29, 1.82) is 0 Å². The minimum absolute atomic E-state index is 0.130. The number of phenolic OH excluding ortho intramolecular Hbond substituents is 2. The van der Waals surface area contributed by atoms with Crippen molar-refractivity contribution in [2.24, 2.45) is 10.2 Å². The fraction of sp³-hybridized carbons (Fsp3) is 0. The Labute approximate surface area is 189 Å². The van der Waals surface area contributed by atoms with Gasteiger partial charge >= 0.3 is 10.4 Å². The molecule has 3 aromatic carbocycles. The molecule has 3 rings (SSSR count). The zero-order valence-electron chi connectivity index (χ0n) is 16.9. The van der Waals surface area contributed by atoms with Crippen LogP contribution >= 0.6 is 0 Å². The smallest absolute Gasteiger partial charge is 0.394 e. The van der Waals surface area contributed by atoms with Crippen LogP contribution in [0.2, 0.25) is 0 Å². The maximum atomic E-state index is 12.1. The predicted molar refractivity (Wildman–Crippen MR) is 123 cm³/mol. The third-order valence-electron chi connectivity index (χ3n) is 3.67. The number of nitrogens with zero attached hydrogens (tertiary/aromatic N) is 2. The van der Waals surface area contributed by atoms with E-state index in [1.165, 1.54) is 12.3 Å². The number of anilines is 1. The molecule has 12 heteroatoms. The van der Waals surface area contributed by atoms with Gasteiger partial charge in [0.25, 0.3) is 5.91 Å². The Bertz CT molecular complexity index is 1240. The zero-order valence-corrected chi connectivity index (χ0v) is 17.7. The highest BCUT2D eigenvalue weighted by Gasteiger charge is 2.03. The summed E-state index contributed by atoms with van der Waals surface area (Å²) in [6.07, 6.45) is 3.03. The molecule has 6 N–H and O–H groups in total. The average Bonchev–Trinajstić information content (AvgIpc) is 2.73. The summed E-state index contributed by atoms with van der Waals surface area (Å²) in [5, 5.41) is 26.8. The van der Waals surface area contributed by atoms with Crippen molar-refractivity contribution >= 4 is 34.4 Å². The van der Waals surface area contributed by atoms with Crippen LogP contribution in [0.25, 0.3) is 0 Å². The molecule has 0 aliphatic heterocycles. The topological polar surface area (TPSA) is 181 Å². The van der Waals surface area contributed by atoms with Gasteiger partial charge in [-0.3, -0.25) is 19.3 Å². The summed E-state index contributed by atoms with van der Waals surface area (Å²) < 4.78 is 31.6. The largest absolute Gasteiger partial charge is 0.508 e. The van der Waals surface area contributed by atoms with E-state index in [2.05, 4.69) is 21.1 Å². The number of hydrazone groups is 2. The molecule has 0 unspecified atom stereocenters. The third-order valence-corrected chi connectivity index (χ3v) is 3.67. The molecule has 0 saturated carbocycles. The number of hydrogen-bond donors (Lipinski definition) is 6. The molecular formula is C21H20N4O7S. The van der Waals surface area contributed by atoms with Crippen LogP contribution in [-0.4, -0.2) is 46.1 Å². The van der Waals surface area contributed by atoms with Crippen molar-refractivity contribution in [3.63, 3.8) is 0 Å². The quantitative estimate of drug-likeness (QED) is 0.180. The van der Waals surface area contributed by atoms with E-state index in [9.17, 15) is 15.0 Å². The first-order chi connectivity index (χ1) is 15.6. The lowest BCUT2D eigenvalue weighted by Crippen LogP contribution is -2.17. The molecule has 0 aromatic heterocycles. The second-order valence-corrected chi connectivity index (χ2v) is 7.18. The first-order valence-electron chi connectivity index (χ1n) is 9.10. The summed E-state index contributed by atoms with van der Waals surface area (Å²) in [6, 6.07) is 20.0. The molecule has 172 valence electrons. The molecular weight excluding hydrogens is 452 g/mol. The number of carbonyl (C=O) groups is 1. The van der Waals surface area contributed by atoms with E-state index < -0.39 is 10.4 Å². The second-order valence-electron chi connectivity index (χ2n) is 6.28. The van der Waals surface area contributed by atoms with Gasteiger partial charge in [-0.2, -0.15) is 18.6 Å². The van der Waals surface area contributed by atoms with Crippen molar-refractivity contribution in [1.82, 2.24) is 5.43 Å². The lowest BCUT2D eigenvalue weighted by atomic mass is 10.2. The van der Waals surface area contributed by atoms with E-state index in [0.29, 0.717) is 16.8 Å². The van der Waals surface area contributed by atoms with Gasteiger partial charge in [-0.25, -0.2) is 5.43 Å². The number of benzene rings is 3. The van der Waals surface area contributed by atoms with E-state index in [4.69, 9.17) is 17.5 Å². The number of rotatable bonds is 6. The van der Waals surface area contributed by atoms with Crippen LogP contribution < -0.4 is 10.9 Å². The molecule has 0 bridgehead atoms. The highest BCUT2D eigenvalue weighted by Crippen LogP contribution is 2.12. The number of carbonyl (C=O) groups excluding carboxylic acids is 1. The molecule has 33 heavy (non-hydrogen) atoms. The van der Waals surface area contributed by atoms with Gasteiger partial charge in [0.15, 0.2) is 0 Å². The molecule has 3 aromatic rings. The first-order valence-corrected chi connectivity index (χ1v) is 10.5. The summed E-state index contributed by atoms with van der Waals surface area (Å²) in [4.78, 5) is 12.1. The van der Waals surface area contributed by atoms with Crippen LogP contribution in [0.3, 0.4) is 0 Å². The zero-order chi connectivity index (χ0) is 24.3. The van der Waals surface area contributed by atoms with Crippen molar-refractivity contribution in [2.45, 2.75) is 0 Å². The van der Waals surface area contributed by atoms with Crippen molar-refractivity contribution in [3.8, 4) is 11.5 Å². The second kappa shape index (κ2) is 12.0. The number of amides is 1. The maximum absolute atomic E-state index is 12.1. The fourth-order valence-corrected chi connectivity index (χ4v) is 2.32. The van der Waals surface area contributed by atoms with Crippen LogP contribution in [0.4, 0.5) is 5.69 Å². The Morgan fingerprint density at radius 1 is 0.788 bits per heavy atom. The Morgan fingerprint density at radius 2 is 1.27 bits per heavy atom. The van der Waals surface area contributed by atoms with E-state index in [1.54, 1.807) is 66.9 Å². The summed E-state index contributed by atoms with van der Waals surface area (Å²) >= 11 is 0.